The third-order valence-corrected chi connectivity index (χ3v) is 2.52. The first-order valence-corrected chi connectivity index (χ1v) is 5.46. The summed E-state index contributed by atoms with van der Waals surface area (Å²) in [6.45, 7) is 2.69. The molecule has 88 valence electrons. The number of carbonyl (C=O) groups excluding carboxylic acids is 2. The number of esters is 1. The number of fused-ring (bicyclic) bond motifs is 1. The van der Waals surface area contributed by atoms with Crippen molar-refractivity contribution in [1.82, 2.24) is 5.32 Å². The second kappa shape index (κ2) is 4.82. The van der Waals surface area contributed by atoms with E-state index in [-0.39, 0.29) is 11.9 Å². The first kappa shape index (κ1) is 11.4. The Morgan fingerprint density at radius 3 is 3.12 bits per heavy atom. The number of hydrogen-bond donors (Lipinski definition) is 1. The molecule has 1 amide bonds. The van der Waals surface area contributed by atoms with E-state index in [2.05, 4.69) is 5.32 Å². The zero-order chi connectivity index (χ0) is 12.3. The first-order chi connectivity index (χ1) is 8.20. The molecule has 1 aromatic carbocycles. The van der Waals surface area contributed by atoms with Gasteiger partial charge in [0, 0.05) is 18.2 Å². The van der Waals surface area contributed by atoms with Crippen LogP contribution < -0.4 is 5.32 Å². The molecule has 0 atom stereocenters. The molecular formula is C13H13NO3. The van der Waals surface area contributed by atoms with Crippen LogP contribution in [-0.4, -0.2) is 18.5 Å². The molecule has 1 aromatic rings. The highest BCUT2D eigenvalue weighted by molar-refractivity contribution is 5.99. The lowest BCUT2D eigenvalue weighted by Gasteiger charge is -1.98. The third kappa shape index (κ3) is 2.53. The molecule has 1 N–H and O–H groups in total. The fourth-order valence-corrected chi connectivity index (χ4v) is 1.69. The molecule has 1 heterocycles. The van der Waals surface area contributed by atoms with Gasteiger partial charge in [-0.15, -0.1) is 0 Å². The molecule has 0 spiro atoms. The normalized spacial score (nSPS) is 13.6. The molecule has 0 fully saturated rings. The average Bonchev–Trinajstić information content (AvgIpc) is 2.69. The van der Waals surface area contributed by atoms with E-state index >= 15 is 0 Å². The number of benzene rings is 1. The van der Waals surface area contributed by atoms with Gasteiger partial charge in [0.15, 0.2) is 0 Å². The highest BCUT2D eigenvalue weighted by atomic mass is 16.5. The first-order valence-electron chi connectivity index (χ1n) is 5.46. The van der Waals surface area contributed by atoms with Gasteiger partial charge in [-0.2, -0.15) is 0 Å². The topological polar surface area (TPSA) is 55.4 Å². The molecule has 0 radical (unpaired) electrons. The van der Waals surface area contributed by atoms with Gasteiger partial charge in [-0.3, -0.25) is 4.79 Å². The van der Waals surface area contributed by atoms with Crippen molar-refractivity contribution in [2.24, 2.45) is 0 Å². The Labute approximate surface area is 99.3 Å². The Bertz CT molecular complexity index is 491. The maximum Gasteiger partial charge on any atom is 0.330 e. The van der Waals surface area contributed by atoms with E-state index in [0.29, 0.717) is 18.7 Å². The van der Waals surface area contributed by atoms with E-state index in [4.69, 9.17) is 4.74 Å². The fraction of sp³-hybridized carbons (Fsp3) is 0.231. The average molecular weight is 231 g/mol. The Morgan fingerprint density at radius 1 is 1.53 bits per heavy atom. The van der Waals surface area contributed by atoms with Gasteiger partial charge in [0.2, 0.25) is 0 Å². The summed E-state index contributed by atoms with van der Waals surface area (Å²) in [5.74, 6) is -0.441. The zero-order valence-electron chi connectivity index (χ0n) is 9.53. The highest BCUT2D eigenvalue weighted by Gasteiger charge is 2.17. The molecule has 1 aliphatic heterocycles. The molecule has 2 rings (SSSR count). The van der Waals surface area contributed by atoms with Crippen LogP contribution in [0.2, 0.25) is 0 Å². The van der Waals surface area contributed by atoms with Crippen molar-refractivity contribution in [3.8, 4) is 0 Å². The number of carbonyl (C=O) groups is 2. The molecule has 0 bridgehead atoms. The van der Waals surface area contributed by atoms with Gasteiger partial charge in [0.1, 0.15) is 0 Å². The van der Waals surface area contributed by atoms with Crippen molar-refractivity contribution in [3.63, 3.8) is 0 Å². The van der Waals surface area contributed by atoms with Crippen LogP contribution in [0.25, 0.3) is 6.08 Å². The zero-order valence-corrected chi connectivity index (χ0v) is 9.53. The molecule has 0 saturated carbocycles. The molecule has 0 unspecified atom stereocenters. The summed E-state index contributed by atoms with van der Waals surface area (Å²) in [6, 6.07) is 5.53. The second-order valence-corrected chi connectivity index (χ2v) is 3.68. The van der Waals surface area contributed by atoms with Crippen LogP contribution in [0.5, 0.6) is 0 Å². The Morgan fingerprint density at radius 2 is 2.35 bits per heavy atom. The summed E-state index contributed by atoms with van der Waals surface area (Å²) in [6.07, 6.45) is 3.00. The van der Waals surface area contributed by atoms with Crippen LogP contribution in [0.15, 0.2) is 24.3 Å². The Balaban J connectivity index is 2.16. The minimum Gasteiger partial charge on any atom is -0.463 e. The molecule has 1 aliphatic rings. The van der Waals surface area contributed by atoms with Crippen LogP contribution in [0.3, 0.4) is 0 Å². The fourth-order valence-electron chi connectivity index (χ4n) is 1.69. The van der Waals surface area contributed by atoms with Crippen molar-refractivity contribution in [1.29, 1.82) is 0 Å². The van der Waals surface area contributed by atoms with E-state index in [1.165, 1.54) is 6.08 Å². The molecule has 0 aromatic heterocycles. The maximum absolute atomic E-state index is 11.4. The lowest BCUT2D eigenvalue weighted by Crippen LogP contribution is -2.12. The van der Waals surface area contributed by atoms with E-state index < -0.39 is 0 Å². The van der Waals surface area contributed by atoms with Crippen molar-refractivity contribution in [3.05, 3.63) is 41.0 Å². The lowest BCUT2D eigenvalue weighted by atomic mass is 10.1. The van der Waals surface area contributed by atoms with Crippen LogP contribution in [-0.2, 0) is 16.1 Å². The van der Waals surface area contributed by atoms with Gasteiger partial charge in [-0.05, 0) is 30.2 Å². The van der Waals surface area contributed by atoms with Crippen molar-refractivity contribution in [2.75, 3.05) is 6.61 Å². The summed E-state index contributed by atoms with van der Waals surface area (Å²) < 4.78 is 4.77. The summed E-state index contributed by atoms with van der Waals surface area (Å²) in [4.78, 5) is 22.6. The minimum atomic E-state index is -0.377. The van der Waals surface area contributed by atoms with Gasteiger partial charge in [-0.25, -0.2) is 4.79 Å². The maximum atomic E-state index is 11.4. The molecule has 4 heteroatoms. The predicted octanol–water partition coefficient (Wildman–Crippen LogP) is 1.51. The summed E-state index contributed by atoms with van der Waals surface area (Å²) in [5.41, 5.74) is 2.48. The van der Waals surface area contributed by atoms with Crippen LogP contribution in [0.1, 0.15) is 28.4 Å². The molecular weight excluding hydrogens is 218 g/mol. The third-order valence-electron chi connectivity index (χ3n) is 2.52. The van der Waals surface area contributed by atoms with E-state index in [1.54, 1.807) is 19.1 Å². The largest absolute Gasteiger partial charge is 0.463 e. The molecule has 0 aliphatic carbocycles. The molecule has 4 nitrogen and oxygen atoms in total. The van der Waals surface area contributed by atoms with E-state index in [9.17, 15) is 9.59 Å². The van der Waals surface area contributed by atoms with Gasteiger partial charge in [0.25, 0.3) is 5.91 Å². The smallest absolute Gasteiger partial charge is 0.330 e. The monoisotopic (exact) mass is 231 g/mol. The van der Waals surface area contributed by atoms with Gasteiger partial charge >= 0.3 is 5.97 Å². The van der Waals surface area contributed by atoms with E-state index in [1.807, 2.05) is 12.1 Å². The Kier molecular flexibility index (Phi) is 3.23. The standard InChI is InChI=1S/C13H13NO3/c1-2-17-12(15)6-4-9-3-5-10-8-14-13(16)11(10)7-9/h3-7H,2,8H2,1H3,(H,14,16)/b6-4+. The number of nitrogens with one attached hydrogen (secondary N) is 1. The quantitative estimate of drug-likeness (QED) is 0.633. The summed E-state index contributed by atoms with van der Waals surface area (Å²) >= 11 is 0. The van der Waals surface area contributed by atoms with Crippen molar-refractivity contribution >= 4 is 18.0 Å². The van der Waals surface area contributed by atoms with Crippen LogP contribution in [0, 0.1) is 0 Å². The lowest BCUT2D eigenvalue weighted by molar-refractivity contribution is -0.137. The van der Waals surface area contributed by atoms with E-state index in [0.717, 1.165) is 11.1 Å². The SMILES string of the molecule is CCOC(=O)/C=C/c1ccc2c(c1)C(=O)NC2. The number of amides is 1. The van der Waals surface area contributed by atoms with Gasteiger partial charge < -0.3 is 10.1 Å². The number of hydrogen-bond acceptors (Lipinski definition) is 3. The molecule has 0 saturated heterocycles. The minimum absolute atomic E-state index is 0.0635. The van der Waals surface area contributed by atoms with Gasteiger partial charge in [-0.1, -0.05) is 12.1 Å². The van der Waals surface area contributed by atoms with Crippen LogP contribution in [0.4, 0.5) is 0 Å². The van der Waals surface area contributed by atoms with Crippen molar-refractivity contribution in [2.45, 2.75) is 13.5 Å². The predicted molar refractivity (Wildman–Crippen MR) is 63.3 cm³/mol. The Hall–Kier alpha value is -2.10. The second-order valence-electron chi connectivity index (χ2n) is 3.68. The van der Waals surface area contributed by atoms with Crippen LogP contribution >= 0.6 is 0 Å². The number of rotatable bonds is 3. The summed E-state index contributed by atoms with van der Waals surface area (Å²) in [7, 11) is 0. The number of ether oxygens (including phenoxy) is 1. The molecule has 17 heavy (non-hydrogen) atoms. The van der Waals surface area contributed by atoms with Crippen molar-refractivity contribution < 1.29 is 14.3 Å². The van der Waals surface area contributed by atoms with Gasteiger partial charge in [0.05, 0.1) is 6.61 Å². The summed E-state index contributed by atoms with van der Waals surface area (Å²) in [5, 5.41) is 2.74. The highest BCUT2D eigenvalue weighted by Crippen LogP contribution is 2.17.